The Balaban J connectivity index is 0.00000242. The summed E-state index contributed by atoms with van der Waals surface area (Å²) in [6, 6.07) is -0.00859. The lowest BCUT2D eigenvalue weighted by Gasteiger charge is -2.38. The van der Waals surface area contributed by atoms with E-state index in [4.69, 9.17) is 0 Å². The van der Waals surface area contributed by atoms with Crippen LogP contribution in [0.1, 0.15) is 39.0 Å². The molecule has 6 nitrogen and oxygen atoms in total. The van der Waals surface area contributed by atoms with Gasteiger partial charge < -0.3 is 10.2 Å². The Kier molecular flexibility index (Phi) is 7.58. The Morgan fingerprint density at radius 3 is 2.36 bits per heavy atom. The van der Waals surface area contributed by atoms with E-state index >= 15 is 0 Å². The number of hydrogen-bond donors (Lipinski definition) is 1. The second-order valence-corrected chi connectivity index (χ2v) is 8.29. The van der Waals surface area contributed by atoms with E-state index in [-0.39, 0.29) is 36.2 Å². The van der Waals surface area contributed by atoms with Crippen LogP contribution >= 0.6 is 12.4 Å². The summed E-state index contributed by atoms with van der Waals surface area (Å²) in [5, 5.41) is 3.29. The van der Waals surface area contributed by atoms with Crippen molar-refractivity contribution in [1.29, 1.82) is 0 Å². The minimum atomic E-state index is -3.14. The molecular formula is C14H28ClN3O3S. The van der Waals surface area contributed by atoms with Gasteiger partial charge in [0.15, 0.2) is 0 Å². The molecule has 0 radical (unpaired) electrons. The first-order valence-electron chi connectivity index (χ1n) is 7.93. The number of halogens is 1. The van der Waals surface area contributed by atoms with E-state index in [2.05, 4.69) is 5.32 Å². The molecule has 2 aliphatic rings. The molecular weight excluding hydrogens is 326 g/mol. The van der Waals surface area contributed by atoms with Gasteiger partial charge in [0, 0.05) is 26.2 Å². The van der Waals surface area contributed by atoms with Gasteiger partial charge in [-0.15, -0.1) is 12.4 Å². The molecule has 2 rings (SSSR count). The number of carbonyl (C=O) groups is 1. The van der Waals surface area contributed by atoms with E-state index < -0.39 is 10.0 Å². The lowest BCUT2D eigenvalue weighted by molar-refractivity contribution is -0.135. The van der Waals surface area contributed by atoms with Crippen molar-refractivity contribution in [3.63, 3.8) is 0 Å². The molecule has 0 aliphatic carbocycles. The van der Waals surface area contributed by atoms with Crippen LogP contribution in [0.3, 0.4) is 0 Å². The Bertz CT molecular complexity index is 458. The minimum Gasteiger partial charge on any atom is -0.341 e. The van der Waals surface area contributed by atoms with E-state index in [1.165, 1.54) is 4.31 Å². The summed E-state index contributed by atoms with van der Waals surface area (Å²) in [7, 11) is -1.48. The van der Waals surface area contributed by atoms with Crippen LogP contribution in [0.5, 0.6) is 0 Å². The van der Waals surface area contributed by atoms with E-state index in [9.17, 15) is 13.2 Å². The molecule has 130 valence electrons. The fourth-order valence-electron chi connectivity index (χ4n) is 3.16. The number of hydrogen-bond acceptors (Lipinski definition) is 4. The van der Waals surface area contributed by atoms with Crippen molar-refractivity contribution >= 4 is 28.3 Å². The zero-order valence-corrected chi connectivity index (χ0v) is 15.1. The third kappa shape index (κ3) is 4.57. The largest absolute Gasteiger partial charge is 0.341 e. The van der Waals surface area contributed by atoms with Crippen LogP contribution in [0.15, 0.2) is 0 Å². The molecule has 1 amide bonds. The topological polar surface area (TPSA) is 69.7 Å². The molecule has 1 N–H and O–H groups in total. The van der Waals surface area contributed by atoms with Gasteiger partial charge in [-0.25, -0.2) is 12.7 Å². The first-order chi connectivity index (χ1) is 9.95. The molecule has 2 aliphatic heterocycles. The first-order valence-corrected chi connectivity index (χ1v) is 9.54. The summed E-state index contributed by atoms with van der Waals surface area (Å²) in [6.45, 7) is 3.90. The van der Waals surface area contributed by atoms with Crippen molar-refractivity contribution in [3.8, 4) is 0 Å². The number of rotatable bonds is 4. The Morgan fingerprint density at radius 2 is 1.86 bits per heavy atom. The minimum absolute atomic E-state index is 0. The van der Waals surface area contributed by atoms with Crippen LogP contribution in [-0.4, -0.2) is 68.0 Å². The number of likely N-dealkylation sites (tertiary alicyclic amines) is 1. The fraction of sp³-hybridized carbons (Fsp3) is 0.929. The fourth-order valence-corrected chi connectivity index (χ4v) is 4.24. The summed E-state index contributed by atoms with van der Waals surface area (Å²) in [5.74, 6) is 0.323. The van der Waals surface area contributed by atoms with Gasteiger partial charge in [0.1, 0.15) is 0 Å². The molecule has 0 aromatic rings. The highest BCUT2D eigenvalue weighted by Crippen LogP contribution is 2.20. The molecule has 8 heteroatoms. The number of nitrogens with zero attached hydrogens (tertiary/aromatic N) is 2. The highest BCUT2D eigenvalue weighted by molar-refractivity contribution is 7.89. The van der Waals surface area contributed by atoms with Crippen molar-refractivity contribution in [2.45, 2.75) is 51.1 Å². The number of sulfonamides is 1. The normalized spacial score (nSPS) is 24.1. The summed E-state index contributed by atoms with van der Waals surface area (Å²) < 4.78 is 25.3. The summed E-state index contributed by atoms with van der Waals surface area (Å²) in [6.07, 6.45) is 4.63. The second kappa shape index (κ2) is 8.47. The van der Waals surface area contributed by atoms with Gasteiger partial charge in [0.05, 0.1) is 11.8 Å². The molecule has 2 fully saturated rings. The molecule has 0 aromatic heterocycles. The quantitative estimate of drug-likeness (QED) is 0.812. The zero-order valence-electron chi connectivity index (χ0n) is 13.5. The number of amides is 1. The van der Waals surface area contributed by atoms with Crippen molar-refractivity contribution in [2.75, 3.05) is 32.4 Å². The van der Waals surface area contributed by atoms with E-state index in [1.807, 2.05) is 4.90 Å². The summed E-state index contributed by atoms with van der Waals surface area (Å²) in [5.41, 5.74) is 0. The van der Waals surface area contributed by atoms with Crippen molar-refractivity contribution in [2.24, 2.45) is 0 Å². The average molecular weight is 354 g/mol. The van der Waals surface area contributed by atoms with Crippen LogP contribution in [-0.2, 0) is 14.8 Å². The third-order valence-electron chi connectivity index (χ3n) is 4.70. The highest BCUT2D eigenvalue weighted by Gasteiger charge is 2.32. The van der Waals surface area contributed by atoms with Gasteiger partial charge in [-0.1, -0.05) is 6.42 Å². The Labute approximate surface area is 140 Å². The predicted molar refractivity (Wildman–Crippen MR) is 89.7 cm³/mol. The van der Waals surface area contributed by atoms with Crippen molar-refractivity contribution in [3.05, 3.63) is 0 Å². The van der Waals surface area contributed by atoms with Gasteiger partial charge in [0.2, 0.25) is 15.9 Å². The van der Waals surface area contributed by atoms with E-state index in [0.29, 0.717) is 13.1 Å². The van der Waals surface area contributed by atoms with Crippen LogP contribution in [0.25, 0.3) is 0 Å². The van der Waals surface area contributed by atoms with Crippen LogP contribution in [0.2, 0.25) is 0 Å². The molecule has 0 spiro atoms. The van der Waals surface area contributed by atoms with Gasteiger partial charge in [-0.3, -0.25) is 4.79 Å². The van der Waals surface area contributed by atoms with Gasteiger partial charge in [-0.05, 0) is 39.2 Å². The Hall–Kier alpha value is -0.370. The lowest BCUT2D eigenvalue weighted by atomic mass is 10.0. The lowest BCUT2D eigenvalue weighted by Crippen LogP contribution is -2.53. The number of piperidine rings is 2. The standard InChI is InChI=1S/C14H27N3O3S.ClH/c1-3-21(19,20)16(2)12-7-10-17(11-8-12)14(18)13-6-4-5-9-15-13;/h12-13,15H,3-11H2,1-2H3;1H. The summed E-state index contributed by atoms with van der Waals surface area (Å²) in [4.78, 5) is 14.3. The smallest absolute Gasteiger partial charge is 0.239 e. The maximum Gasteiger partial charge on any atom is 0.239 e. The maximum absolute atomic E-state index is 12.4. The van der Waals surface area contributed by atoms with Crippen molar-refractivity contribution in [1.82, 2.24) is 14.5 Å². The van der Waals surface area contributed by atoms with Crippen molar-refractivity contribution < 1.29 is 13.2 Å². The highest BCUT2D eigenvalue weighted by atomic mass is 35.5. The number of nitrogens with one attached hydrogen (secondary N) is 1. The van der Waals surface area contributed by atoms with E-state index in [1.54, 1.807) is 14.0 Å². The monoisotopic (exact) mass is 353 g/mol. The third-order valence-corrected chi connectivity index (χ3v) is 6.61. The molecule has 22 heavy (non-hydrogen) atoms. The molecule has 0 bridgehead atoms. The van der Waals surface area contributed by atoms with Gasteiger partial charge >= 0.3 is 0 Å². The number of carbonyl (C=O) groups excluding carboxylic acids is 1. The van der Waals surface area contributed by atoms with Gasteiger partial charge in [-0.2, -0.15) is 0 Å². The van der Waals surface area contributed by atoms with Crippen LogP contribution < -0.4 is 5.32 Å². The average Bonchev–Trinajstić information content (AvgIpc) is 2.54. The SMILES string of the molecule is CCS(=O)(=O)N(C)C1CCN(C(=O)C2CCCCN2)CC1.Cl. The summed E-state index contributed by atoms with van der Waals surface area (Å²) >= 11 is 0. The van der Waals surface area contributed by atoms with Crippen LogP contribution in [0.4, 0.5) is 0 Å². The first kappa shape index (κ1) is 19.7. The molecule has 1 atom stereocenters. The zero-order chi connectivity index (χ0) is 15.5. The van der Waals surface area contributed by atoms with Gasteiger partial charge in [0.25, 0.3) is 0 Å². The van der Waals surface area contributed by atoms with Crippen LogP contribution in [0, 0.1) is 0 Å². The molecule has 0 saturated carbocycles. The van der Waals surface area contributed by atoms with E-state index in [0.717, 1.165) is 38.6 Å². The maximum atomic E-state index is 12.4. The second-order valence-electron chi connectivity index (χ2n) is 5.98. The Morgan fingerprint density at radius 1 is 1.23 bits per heavy atom. The molecule has 1 unspecified atom stereocenters. The molecule has 2 saturated heterocycles. The molecule has 0 aromatic carbocycles. The molecule has 2 heterocycles. The predicted octanol–water partition coefficient (Wildman–Crippen LogP) is 0.823.